The third-order valence-electron chi connectivity index (χ3n) is 1.27. The Morgan fingerprint density at radius 2 is 1.73 bits per heavy atom. The lowest BCUT2D eigenvalue weighted by atomic mass is 10.7. The van der Waals surface area contributed by atoms with Gasteiger partial charge in [-0.1, -0.05) is 19.6 Å². The minimum absolute atomic E-state index is 1.25. The molecule has 0 atom stereocenters. The summed E-state index contributed by atoms with van der Waals surface area (Å²) < 4.78 is 36.4. The van der Waals surface area contributed by atoms with E-state index in [1.807, 2.05) is 0 Å². The largest absolute Gasteiger partial charge is 0.412 e. The van der Waals surface area contributed by atoms with E-state index in [-0.39, 0.29) is 0 Å². The fourth-order valence-electron chi connectivity index (χ4n) is 0.355. The summed E-state index contributed by atoms with van der Waals surface area (Å²) in [5, 5.41) is 0. The van der Waals surface area contributed by atoms with E-state index < -0.39 is 19.6 Å². The van der Waals surface area contributed by atoms with Crippen molar-refractivity contribution in [2.45, 2.75) is 25.2 Å². The number of rotatable bonds is 2. The van der Waals surface area contributed by atoms with Crippen LogP contribution in [0.5, 0.6) is 0 Å². The molecule has 0 fully saturated rings. The third-order valence-corrected chi connectivity index (χ3v) is 3.36. The average Bonchev–Trinajstić information content (AvgIpc) is 1.83. The molecule has 0 rings (SSSR count). The maximum Gasteiger partial charge on any atom is 0.412 e. The van der Waals surface area contributed by atoms with E-state index in [2.05, 4.69) is 4.94 Å². The van der Waals surface area contributed by atoms with E-state index in [1.54, 1.807) is 0 Å². The van der Waals surface area contributed by atoms with Gasteiger partial charge in [-0.05, 0) is 0 Å². The average molecular weight is 186 g/mol. The van der Waals surface area contributed by atoms with E-state index in [0.29, 0.717) is 0 Å². The molecule has 0 unspecified atom stereocenters. The molecule has 0 aliphatic carbocycles. The highest BCUT2D eigenvalue weighted by Gasteiger charge is 2.53. The van der Waals surface area contributed by atoms with Crippen LogP contribution < -0.4 is 0 Å². The van der Waals surface area contributed by atoms with Crippen LogP contribution in [-0.4, -0.2) is 19.6 Å². The molecule has 66 valence electrons. The first-order valence-electron chi connectivity index (χ1n) is 2.94. The lowest BCUT2D eigenvalue weighted by Crippen LogP contribution is -2.51. The zero-order valence-corrected chi connectivity index (χ0v) is 7.45. The van der Waals surface area contributed by atoms with Gasteiger partial charge in [0.25, 0.3) is 0 Å². The fourth-order valence-corrected chi connectivity index (χ4v) is 1.01. The maximum atomic E-state index is 12.7. The molecule has 0 aliphatic heterocycles. The summed E-state index contributed by atoms with van der Waals surface area (Å²) in [6, 6.07) is 0. The lowest BCUT2D eigenvalue weighted by molar-refractivity contribution is -0.202. The number of carbonyl (C=O) groups excluding carboxylic acids is 1. The van der Waals surface area contributed by atoms with Crippen molar-refractivity contribution in [3.63, 3.8) is 0 Å². The molecule has 0 radical (unpaired) electrons. The highest BCUT2D eigenvalue weighted by molar-refractivity contribution is 6.81. The van der Waals surface area contributed by atoms with Crippen molar-refractivity contribution in [2.75, 3.05) is 0 Å². The monoisotopic (exact) mass is 186 g/mol. The molecule has 0 aromatic carbocycles. The van der Waals surface area contributed by atoms with Crippen molar-refractivity contribution in [1.82, 2.24) is 0 Å². The van der Waals surface area contributed by atoms with E-state index in [1.165, 1.54) is 19.6 Å². The van der Waals surface area contributed by atoms with Gasteiger partial charge in [0.1, 0.15) is 8.07 Å². The molecule has 6 heteroatoms. The molecular formula is C5H9F3O2Si. The molecule has 0 bridgehead atoms. The molecule has 0 aromatic rings. The van der Waals surface area contributed by atoms with Crippen molar-refractivity contribution in [3.05, 3.63) is 0 Å². The third kappa shape index (κ3) is 1.95. The van der Waals surface area contributed by atoms with Gasteiger partial charge in [-0.2, -0.15) is 8.78 Å². The topological polar surface area (TPSA) is 26.3 Å². The summed E-state index contributed by atoms with van der Waals surface area (Å²) in [4.78, 5) is 12.7. The van der Waals surface area contributed by atoms with E-state index in [0.717, 1.165) is 0 Å². The maximum absolute atomic E-state index is 12.7. The molecule has 0 aliphatic rings. The van der Waals surface area contributed by atoms with Gasteiger partial charge in [0.15, 0.2) is 0 Å². The smallest absolute Gasteiger partial charge is 0.248 e. The molecule has 0 saturated heterocycles. The highest BCUT2D eigenvalue weighted by atomic mass is 28.3. The Morgan fingerprint density at radius 3 is 1.82 bits per heavy atom. The van der Waals surface area contributed by atoms with Gasteiger partial charge in [-0.3, -0.25) is 0 Å². The molecule has 0 amide bonds. The van der Waals surface area contributed by atoms with E-state index in [4.69, 9.17) is 0 Å². The Kier molecular flexibility index (Phi) is 2.71. The Bertz CT molecular complexity index is 164. The SMILES string of the molecule is C[Si](C)(C)C(F)(F)C(=O)OF. The molecule has 0 N–H and O–H groups in total. The summed E-state index contributed by atoms with van der Waals surface area (Å²) in [6.45, 7) is 3.76. The standard InChI is InChI=1S/C5H9F3O2Si/c1-11(2,3)5(6,7)4(9)10-8/h1-3H3. The first kappa shape index (κ1) is 10.5. The molecule has 0 saturated carbocycles. The summed E-state index contributed by atoms with van der Waals surface area (Å²) in [6.07, 6.45) is 0. The predicted octanol–water partition coefficient (Wildman–Crippen LogP) is 1.93. The predicted molar refractivity (Wildman–Crippen MR) is 35.5 cm³/mol. The molecule has 0 spiro atoms. The summed E-state index contributed by atoms with van der Waals surface area (Å²) >= 11 is 0. The number of carbonyl (C=O) groups is 1. The zero-order chi connectivity index (χ0) is 9.28. The van der Waals surface area contributed by atoms with Crippen LogP contribution in [-0.2, 0) is 9.74 Å². The van der Waals surface area contributed by atoms with Crippen molar-refractivity contribution in [3.8, 4) is 0 Å². The first-order chi connectivity index (χ1) is 4.73. The second-order valence-corrected chi connectivity index (χ2v) is 8.32. The van der Waals surface area contributed by atoms with Gasteiger partial charge >= 0.3 is 11.5 Å². The summed E-state index contributed by atoms with van der Waals surface area (Å²) in [5.41, 5.74) is -3.65. The van der Waals surface area contributed by atoms with Crippen LogP contribution in [0.4, 0.5) is 13.3 Å². The van der Waals surface area contributed by atoms with Crippen LogP contribution in [0.15, 0.2) is 0 Å². The van der Waals surface area contributed by atoms with Crippen LogP contribution in [0, 0.1) is 0 Å². The van der Waals surface area contributed by atoms with Crippen molar-refractivity contribution in [1.29, 1.82) is 0 Å². The Hall–Kier alpha value is -0.523. The minimum Gasteiger partial charge on any atom is -0.248 e. The van der Waals surface area contributed by atoms with Crippen LogP contribution in [0.2, 0.25) is 19.6 Å². The van der Waals surface area contributed by atoms with Crippen LogP contribution in [0.25, 0.3) is 0 Å². The van der Waals surface area contributed by atoms with Crippen LogP contribution in [0.3, 0.4) is 0 Å². The minimum atomic E-state index is -3.65. The number of hydrogen-bond donors (Lipinski definition) is 0. The van der Waals surface area contributed by atoms with Gasteiger partial charge in [0, 0.05) is 4.53 Å². The van der Waals surface area contributed by atoms with E-state index >= 15 is 0 Å². The van der Waals surface area contributed by atoms with E-state index in [9.17, 15) is 18.1 Å². The van der Waals surface area contributed by atoms with Gasteiger partial charge in [-0.25, -0.2) is 9.74 Å². The first-order valence-corrected chi connectivity index (χ1v) is 6.44. The summed E-state index contributed by atoms with van der Waals surface area (Å²) in [7, 11) is -3.02. The second-order valence-electron chi connectivity index (χ2n) is 3.19. The van der Waals surface area contributed by atoms with Gasteiger partial charge in [0.05, 0.1) is 0 Å². The quantitative estimate of drug-likeness (QED) is 0.616. The van der Waals surface area contributed by atoms with Crippen molar-refractivity contribution in [2.24, 2.45) is 0 Å². The van der Waals surface area contributed by atoms with Gasteiger partial charge in [-0.15, -0.1) is 0 Å². The lowest BCUT2D eigenvalue weighted by Gasteiger charge is -2.23. The fraction of sp³-hybridized carbons (Fsp3) is 0.800. The van der Waals surface area contributed by atoms with Crippen molar-refractivity contribution < 1.29 is 23.0 Å². The van der Waals surface area contributed by atoms with Gasteiger partial charge in [0.2, 0.25) is 0 Å². The second kappa shape index (κ2) is 2.84. The summed E-state index contributed by atoms with van der Waals surface area (Å²) in [5.74, 6) is -2.09. The Morgan fingerprint density at radius 1 is 1.36 bits per heavy atom. The van der Waals surface area contributed by atoms with Crippen LogP contribution >= 0.6 is 0 Å². The molecule has 0 aromatic heterocycles. The normalized spacial score (nSPS) is 12.9. The van der Waals surface area contributed by atoms with Crippen LogP contribution in [0.1, 0.15) is 0 Å². The number of alkyl halides is 2. The molecule has 2 nitrogen and oxygen atoms in total. The zero-order valence-electron chi connectivity index (χ0n) is 6.45. The molecular weight excluding hydrogens is 177 g/mol. The Labute approximate surface area is 63.3 Å². The highest BCUT2D eigenvalue weighted by Crippen LogP contribution is 2.28. The van der Waals surface area contributed by atoms with Crippen molar-refractivity contribution >= 4 is 14.0 Å². The number of hydrogen-bond acceptors (Lipinski definition) is 2. The molecule has 11 heavy (non-hydrogen) atoms. The molecule has 0 heterocycles. The number of halogens is 3. The Balaban J connectivity index is 4.59. The van der Waals surface area contributed by atoms with Gasteiger partial charge < -0.3 is 0 Å².